The number of hydrogen-bond acceptors (Lipinski definition) is 3. The van der Waals surface area contributed by atoms with Crippen LogP contribution in [-0.4, -0.2) is 25.1 Å². The topological polar surface area (TPSA) is 50.4 Å². The summed E-state index contributed by atoms with van der Waals surface area (Å²) in [5.74, 6) is 0.907. The second-order valence-corrected chi connectivity index (χ2v) is 5.81. The Kier molecular flexibility index (Phi) is 3.80. The van der Waals surface area contributed by atoms with Crippen LogP contribution in [0.1, 0.15) is 26.3 Å². The number of ether oxygens (including phenoxy) is 1. The molecule has 1 aliphatic heterocycles. The van der Waals surface area contributed by atoms with E-state index in [-0.39, 0.29) is 17.4 Å². The van der Waals surface area contributed by atoms with Gasteiger partial charge in [-0.1, -0.05) is 6.92 Å². The molecule has 0 fully saturated rings. The van der Waals surface area contributed by atoms with Crippen LogP contribution < -0.4 is 15.4 Å². The highest BCUT2D eigenvalue weighted by molar-refractivity contribution is 5.92. The highest BCUT2D eigenvalue weighted by atomic mass is 16.5. The Morgan fingerprint density at radius 1 is 1.47 bits per heavy atom. The van der Waals surface area contributed by atoms with E-state index < -0.39 is 0 Å². The summed E-state index contributed by atoms with van der Waals surface area (Å²) in [6.45, 7) is 6.72. The third-order valence-corrected chi connectivity index (χ3v) is 3.29. The second kappa shape index (κ2) is 5.21. The Balaban J connectivity index is 2.06. The Hall–Kier alpha value is -1.55. The molecule has 4 heteroatoms. The number of benzene rings is 1. The minimum Gasteiger partial charge on any atom is -0.487 e. The van der Waals surface area contributed by atoms with Gasteiger partial charge >= 0.3 is 0 Å². The first-order valence-corrected chi connectivity index (χ1v) is 6.69. The monoisotopic (exact) mass is 262 g/mol. The SMILES string of the molecule is CNCC(C)C(=O)Nc1ccc2c(c1)CC(C)(C)O2. The van der Waals surface area contributed by atoms with Crippen molar-refractivity contribution in [3.8, 4) is 5.75 Å². The Morgan fingerprint density at radius 2 is 2.21 bits per heavy atom. The fraction of sp³-hybridized carbons (Fsp3) is 0.533. The van der Waals surface area contributed by atoms with Gasteiger partial charge in [-0.25, -0.2) is 0 Å². The fourth-order valence-electron chi connectivity index (χ4n) is 2.35. The van der Waals surface area contributed by atoms with Gasteiger partial charge in [-0.05, 0) is 39.1 Å². The maximum Gasteiger partial charge on any atom is 0.228 e. The van der Waals surface area contributed by atoms with E-state index in [2.05, 4.69) is 24.5 Å². The summed E-state index contributed by atoms with van der Waals surface area (Å²) in [5.41, 5.74) is 1.85. The van der Waals surface area contributed by atoms with Crippen molar-refractivity contribution in [3.05, 3.63) is 23.8 Å². The summed E-state index contributed by atoms with van der Waals surface area (Å²) in [4.78, 5) is 11.9. The molecule has 4 nitrogen and oxygen atoms in total. The number of fused-ring (bicyclic) bond motifs is 1. The molecule has 0 saturated heterocycles. The maximum absolute atomic E-state index is 11.9. The quantitative estimate of drug-likeness (QED) is 0.874. The highest BCUT2D eigenvalue weighted by Crippen LogP contribution is 2.36. The predicted molar refractivity (Wildman–Crippen MR) is 76.6 cm³/mol. The molecular formula is C15H22N2O2. The van der Waals surface area contributed by atoms with Crippen molar-refractivity contribution in [2.24, 2.45) is 5.92 Å². The van der Waals surface area contributed by atoms with Crippen LogP contribution in [0.25, 0.3) is 0 Å². The van der Waals surface area contributed by atoms with Crippen LogP contribution in [0.5, 0.6) is 5.75 Å². The molecule has 19 heavy (non-hydrogen) atoms. The first-order chi connectivity index (χ1) is 8.91. The van der Waals surface area contributed by atoms with Gasteiger partial charge < -0.3 is 15.4 Å². The molecule has 1 unspecified atom stereocenters. The molecule has 0 spiro atoms. The molecule has 0 bridgehead atoms. The van der Waals surface area contributed by atoms with Gasteiger partial charge in [0.15, 0.2) is 0 Å². The molecule has 0 saturated carbocycles. The highest BCUT2D eigenvalue weighted by Gasteiger charge is 2.30. The van der Waals surface area contributed by atoms with Crippen LogP contribution in [0.4, 0.5) is 5.69 Å². The first-order valence-electron chi connectivity index (χ1n) is 6.69. The van der Waals surface area contributed by atoms with E-state index in [4.69, 9.17) is 4.74 Å². The lowest BCUT2D eigenvalue weighted by Crippen LogP contribution is -2.28. The number of carbonyl (C=O) groups excluding carboxylic acids is 1. The van der Waals surface area contributed by atoms with E-state index in [0.717, 1.165) is 23.4 Å². The molecule has 2 rings (SSSR count). The summed E-state index contributed by atoms with van der Waals surface area (Å²) in [6.07, 6.45) is 0.873. The number of rotatable bonds is 4. The molecule has 1 aliphatic rings. The van der Waals surface area contributed by atoms with Gasteiger partial charge in [0, 0.05) is 30.1 Å². The fourth-order valence-corrected chi connectivity index (χ4v) is 2.35. The lowest BCUT2D eigenvalue weighted by Gasteiger charge is -2.16. The predicted octanol–water partition coefficient (Wildman–Crippen LogP) is 2.19. The van der Waals surface area contributed by atoms with Crippen molar-refractivity contribution in [1.82, 2.24) is 5.32 Å². The molecule has 2 N–H and O–H groups in total. The van der Waals surface area contributed by atoms with Gasteiger partial charge in [0.1, 0.15) is 11.4 Å². The normalized spacial score (nSPS) is 17.5. The van der Waals surface area contributed by atoms with Crippen LogP contribution in [0.2, 0.25) is 0 Å². The number of hydrogen-bond donors (Lipinski definition) is 2. The molecule has 1 atom stereocenters. The van der Waals surface area contributed by atoms with Crippen molar-refractivity contribution in [2.75, 3.05) is 18.9 Å². The van der Waals surface area contributed by atoms with Gasteiger partial charge in [0.2, 0.25) is 5.91 Å². The smallest absolute Gasteiger partial charge is 0.228 e. The van der Waals surface area contributed by atoms with Gasteiger partial charge in [0.05, 0.1) is 0 Å². The molecule has 1 heterocycles. The maximum atomic E-state index is 11.9. The zero-order valence-corrected chi connectivity index (χ0v) is 12.0. The van der Waals surface area contributed by atoms with Gasteiger partial charge in [-0.2, -0.15) is 0 Å². The van der Waals surface area contributed by atoms with E-state index in [1.165, 1.54) is 0 Å². The van der Waals surface area contributed by atoms with E-state index in [9.17, 15) is 4.79 Å². The summed E-state index contributed by atoms with van der Waals surface area (Å²) >= 11 is 0. The zero-order chi connectivity index (χ0) is 14.0. The van der Waals surface area contributed by atoms with Crippen LogP contribution in [0.3, 0.4) is 0 Å². The summed E-state index contributed by atoms with van der Waals surface area (Å²) in [5, 5.41) is 5.95. The largest absolute Gasteiger partial charge is 0.487 e. The Bertz CT molecular complexity index is 483. The molecular weight excluding hydrogens is 240 g/mol. The van der Waals surface area contributed by atoms with E-state index in [1.807, 2.05) is 32.2 Å². The van der Waals surface area contributed by atoms with Crippen molar-refractivity contribution in [3.63, 3.8) is 0 Å². The van der Waals surface area contributed by atoms with Gasteiger partial charge in [-0.3, -0.25) is 4.79 Å². The van der Waals surface area contributed by atoms with Crippen molar-refractivity contribution < 1.29 is 9.53 Å². The lowest BCUT2D eigenvalue weighted by molar-refractivity contribution is -0.119. The Morgan fingerprint density at radius 3 is 2.89 bits per heavy atom. The second-order valence-electron chi connectivity index (χ2n) is 5.81. The van der Waals surface area contributed by atoms with Crippen LogP contribution in [-0.2, 0) is 11.2 Å². The van der Waals surface area contributed by atoms with Crippen LogP contribution in [0.15, 0.2) is 18.2 Å². The molecule has 0 radical (unpaired) electrons. The van der Waals surface area contributed by atoms with Crippen LogP contribution in [0, 0.1) is 5.92 Å². The average Bonchev–Trinajstić information content (AvgIpc) is 2.62. The summed E-state index contributed by atoms with van der Waals surface area (Å²) in [6, 6.07) is 5.83. The van der Waals surface area contributed by atoms with Crippen molar-refractivity contribution in [2.45, 2.75) is 32.8 Å². The van der Waals surface area contributed by atoms with E-state index >= 15 is 0 Å². The number of amides is 1. The first kappa shape index (κ1) is 13.9. The molecule has 1 aromatic carbocycles. The van der Waals surface area contributed by atoms with Gasteiger partial charge in [0.25, 0.3) is 0 Å². The standard InChI is InChI=1S/C15H22N2O2/c1-10(9-16-4)14(18)17-12-5-6-13-11(7-12)8-15(2,3)19-13/h5-7,10,16H,8-9H2,1-4H3,(H,17,18). The van der Waals surface area contributed by atoms with Crippen LogP contribution >= 0.6 is 0 Å². The lowest BCUT2D eigenvalue weighted by atomic mass is 10.0. The molecule has 104 valence electrons. The Labute approximate surface area is 114 Å². The minimum atomic E-state index is -0.148. The molecule has 1 aromatic rings. The third kappa shape index (κ3) is 3.26. The van der Waals surface area contributed by atoms with Crippen molar-refractivity contribution in [1.29, 1.82) is 0 Å². The number of anilines is 1. The van der Waals surface area contributed by atoms with Crippen molar-refractivity contribution >= 4 is 11.6 Å². The van der Waals surface area contributed by atoms with E-state index in [0.29, 0.717) is 6.54 Å². The minimum absolute atomic E-state index is 0.0347. The summed E-state index contributed by atoms with van der Waals surface area (Å²) in [7, 11) is 1.85. The molecule has 1 amide bonds. The summed E-state index contributed by atoms with van der Waals surface area (Å²) < 4.78 is 5.82. The third-order valence-electron chi connectivity index (χ3n) is 3.29. The average molecular weight is 262 g/mol. The number of nitrogens with one attached hydrogen (secondary N) is 2. The van der Waals surface area contributed by atoms with E-state index in [1.54, 1.807) is 0 Å². The molecule has 0 aliphatic carbocycles. The number of carbonyl (C=O) groups is 1. The van der Waals surface area contributed by atoms with Gasteiger partial charge in [-0.15, -0.1) is 0 Å². The molecule has 0 aromatic heterocycles. The zero-order valence-electron chi connectivity index (χ0n) is 12.0.